The van der Waals surface area contributed by atoms with Crippen molar-refractivity contribution >= 4 is 17.3 Å². The van der Waals surface area contributed by atoms with Gasteiger partial charge >= 0.3 is 0 Å². The number of para-hydroxylation sites is 1. The van der Waals surface area contributed by atoms with Crippen LogP contribution in [0.2, 0.25) is 0 Å². The largest absolute Gasteiger partial charge is 0.482 e. The number of aromatic amines is 1. The van der Waals surface area contributed by atoms with Crippen molar-refractivity contribution in [2.24, 2.45) is 4.99 Å². The average molecular weight is 358 g/mol. The molecular formula is C22H22N4O. The summed E-state index contributed by atoms with van der Waals surface area (Å²) in [4.78, 5) is 15.3. The maximum absolute atomic E-state index is 4.65. The summed E-state index contributed by atoms with van der Waals surface area (Å²) in [6.07, 6.45) is 5.13. The van der Waals surface area contributed by atoms with E-state index in [0.29, 0.717) is 0 Å². The van der Waals surface area contributed by atoms with Crippen molar-refractivity contribution < 1.29 is 4.74 Å². The zero-order valence-electron chi connectivity index (χ0n) is 15.2. The fourth-order valence-corrected chi connectivity index (χ4v) is 2.44. The van der Waals surface area contributed by atoms with Gasteiger partial charge in [0.15, 0.2) is 6.40 Å². The minimum Gasteiger partial charge on any atom is -0.482 e. The fourth-order valence-electron chi connectivity index (χ4n) is 2.44. The van der Waals surface area contributed by atoms with Gasteiger partial charge < -0.3 is 9.72 Å². The maximum Gasteiger partial charge on any atom is 0.169 e. The Bertz CT molecular complexity index is 908. The van der Waals surface area contributed by atoms with Crippen molar-refractivity contribution in [3.05, 3.63) is 84.8 Å². The number of ether oxygens (including phenoxy) is 1. The van der Waals surface area contributed by atoms with Crippen LogP contribution in [0.15, 0.2) is 84.1 Å². The van der Waals surface area contributed by atoms with Gasteiger partial charge in [-0.25, -0.2) is 4.98 Å². The van der Waals surface area contributed by atoms with Crippen LogP contribution in [0.5, 0.6) is 0 Å². The normalized spacial score (nSPS) is 11.7. The van der Waals surface area contributed by atoms with Gasteiger partial charge in [-0.05, 0) is 19.1 Å². The second kappa shape index (κ2) is 9.87. The molecule has 0 radical (unpaired) electrons. The third kappa shape index (κ3) is 5.78. The quantitative estimate of drug-likeness (QED) is 0.538. The summed E-state index contributed by atoms with van der Waals surface area (Å²) < 4.78 is 4.65. The van der Waals surface area contributed by atoms with E-state index in [-0.39, 0.29) is 0 Å². The molecule has 0 spiro atoms. The highest BCUT2D eigenvalue weighted by molar-refractivity contribution is 5.77. The number of aliphatic imine (C=N–C) groups is 1. The van der Waals surface area contributed by atoms with E-state index >= 15 is 0 Å². The predicted octanol–water partition coefficient (Wildman–Crippen LogP) is 4.66. The van der Waals surface area contributed by atoms with E-state index in [4.69, 9.17) is 0 Å². The molecule has 1 aliphatic heterocycles. The van der Waals surface area contributed by atoms with Crippen LogP contribution in [0.1, 0.15) is 5.69 Å². The number of pyridine rings is 1. The number of benzene rings is 2. The van der Waals surface area contributed by atoms with Crippen molar-refractivity contribution in [2.75, 3.05) is 13.2 Å². The lowest BCUT2D eigenvalue weighted by Gasteiger charge is -1.93. The molecular weight excluding hydrogens is 336 g/mol. The molecule has 2 aromatic heterocycles. The SMILES string of the molecule is C1=NCCO1.Cc1cnc(-c2ccccc2)[nH]1.c1ccc2ncccc2c1. The molecule has 2 aromatic carbocycles. The predicted molar refractivity (Wildman–Crippen MR) is 110 cm³/mol. The monoisotopic (exact) mass is 358 g/mol. The van der Waals surface area contributed by atoms with E-state index in [0.717, 1.165) is 35.8 Å². The third-order valence-corrected chi connectivity index (χ3v) is 3.75. The highest BCUT2D eigenvalue weighted by Gasteiger charge is 1.98. The van der Waals surface area contributed by atoms with E-state index in [2.05, 4.69) is 36.8 Å². The van der Waals surface area contributed by atoms with Crippen molar-refractivity contribution in [3.63, 3.8) is 0 Å². The summed E-state index contributed by atoms with van der Waals surface area (Å²) in [6, 6.07) is 22.2. The molecule has 0 fully saturated rings. The van der Waals surface area contributed by atoms with Crippen LogP contribution in [-0.2, 0) is 4.74 Å². The van der Waals surface area contributed by atoms with Crippen LogP contribution in [-0.4, -0.2) is 34.5 Å². The molecule has 136 valence electrons. The first kappa shape index (κ1) is 18.3. The molecule has 0 atom stereocenters. The van der Waals surface area contributed by atoms with Crippen LogP contribution in [0.25, 0.3) is 22.3 Å². The number of fused-ring (bicyclic) bond motifs is 1. The number of nitrogens with zero attached hydrogens (tertiary/aromatic N) is 3. The molecule has 0 saturated carbocycles. The lowest BCUT2D eigenvalue weighted by Crippen LogP contribution is -1.80. The molecule has 5 nitrogen and oxygen atoms in total. The Labute approximate surface area is 158 Å². The Morgan fingerprint density at radius 2 is 1.67 bits per heavy atom. The molecule has 0 unspecified atom stereocenters. The minimum absolute atomic E-state index is 0.778. The third-order valence-electron chi connectivity index (χ3n) is 3.75. The Hall–Kier alpha value is -3.47. The summed E-state index contributed by atoms with van der Waals surface area (Å²) in [5.41, 5.74) is 3.28. The molecule has 3 heterocycles. The summed E-state index contributed by atoms with van der Waals surface area (Å²) in [7, 11) is 0. The lowest BCUT2D eigenvalue weighted by molar-refractivity contribution is 0.361. The van der Waals surface area contributed by atoms with E-state index in [9.17, 15) is 0 Å². The minimum atomic E-state index is 0.778. The van der Waals surface area contributed by atoms with Crippen molar-refractivity contribution in [1.82, 2.24) is 15.0 Å². The highest BCUT2D eigenvalue weighted by atomic mass is 16.5. The molecule has 4 aromatic rings. The molecule has 0 amide bonds. The van der Waals surface area contributed by atoms with Gasteiger partial charge in [-0.15, -0.1) is 0 Å². The number of aromatic nitrogens is 3. The Morgan fingerprint density at radius 3 is 2.30 bits per heavy atom. The average Bonchev–Trinajstić information content (AvgIpc) is 3.44. The van der Waals surface area contributed by atoms with Crippen LogP contribution in [0, 0.1) is 6.92 Å². The number of hydrogen-bond donors (Lipinski definition) is 1. The molecule has 5 heteroatoms. The first-order valence-corrected chi connectivity index (χ1v) is 8.79. The first-order chi connectivity index (χ1) is 13.3. The van der Waals surface area contributed by atoms with E-state index in [1.807, 2.05) is 73.9 Å². The topological polar surface area (TPSA) is 63.2 Å². The van der Waals surface area contributed by atoms with Gasteiger partial charge in [0.2, 0.25) is 0 Å². The van der Waals surface area contributed by atoms with Crippen molar-refractivity contribution in [3.8, 4) is 11.4 Å². The number of imidazole rings is 1. The molecule has 1 N–H and O–H groups in total. The Balaban J connectivity index is 0.000000126. The van der Waals surface area contributed by atoms with Crippen molar-refractivity contribution in [2.45, 2.75) is 6.92 Å². The van der Waals surface area contributed by atoms with Gasteiger partial charge in [-0.3, -0.25) is 9.98 Å². The van der Waals surface area contributed by atoms with Crippen LogP contribution < -0.4 is 0 Å². The number of nitrogens with one attached hydrogen (secondary N) is 1. The summed E-state index contributed by atoms with van der Waals surface area (Å²) >= 11 is 0. The molecule has 1 aliphatic rings. The summed E-state index contributed by atoms with van der Waals surface area (Å²) in [5, 5.41) is 1.20. The van der Waals surface area contributed by atoms with Gasteiger partial charge in [-0.1, -0.05) is 54.6 Å². The standard InChI is InChI=1S/C10H10N2.C9H7N.C3H5NO/c1-8-7-11-10(12-8)9-5-3-2-4-6-9;1-2-6-9-8(4-1)5-3-7-10-9;1-2-5-3-4-1/h2-7H,1H3,(H,11,12);1-7H;3H,1-2H2. The number of H-pyrrole nitrogens is 1. The number of aryl methyl sites for hydroxylation is 1. The van der Waals surface area contributed by atoms with Gasteiger partial charge in [0.25, 0.3) is 0 Å². The number of hydrogen-bond acceptors (Lipinski definition) is 4. The highest BCUT2D eigenvalue weighted by Crippen LogP contribution is 2.13. The molecule has 0 saturated heterocycles. The van der Waals surface area contributed by atoms with Gasteiger partial charge in [0.05, 0.1) is 12.1 Å². The van der Waals surface area contributed by atoms with E-state index in [1.165, 1.54) is 11.8 Å². The second-order valence-corrected chi connectivity index (χ2v) is 5.86. The zero-order chi connectivity index (χ0) is 18.7. The van der Waals surface area contributed by atoms with Crippen LogP contribution in [0.3, 0.4) is 0 Å². The van der Waals surface area contributed by atoms with Crippen LogP contribution in [0.4, 0.5) is 0 Å². The molecule has 5 rings (SSSR count). The van der Waals surface area contributed by atoms with Gasteiger partial charge in [0, 0.05) is 29.0 Å². The zero-order valence-corrected chi connectivity index (χ0v) is 15.2. The van der Waals surface area contributed by atoms with Crippen molar-refractivity contribution in [1.29, 1.82) is 0 Å². The van der Waals surface area contributed by atoms with Gasteiger partial charge in [-0.2, -0.15) is 0 Å². The number of rotatable bonds is 1. The summed E-state index contributed by atoms with van der Waals surface area (Å²) in [5.74, 6) is 0.938. The van der Waals surface area contributed by atoms with Gasteiger partial charge in [0.1, 0.15) is 12.4 Å². The molecule has 0 bridgehead atoms. The first-order valence-electron chi connectivity index (χ1n) is 8.79. The Kier molecular flexibility index (Phi) is 6.70. The smallest absolute Gasteiger partial charge is 0.169 e. The molecule has 27 heavy (non-hydrogen) atoms. The fraction of sp³-hybridized carbons (Fsp3) is 0.136. The maximum atomic E-state index is 4.65. The van der Waals surface area contributed by atoms with Crippen LogP contribution >= 0.6 is 0 Å². The van der Waals surface area contributed by atoms with E-state index < -0.39 is 0 Å². The molecule has 0 aliphatic carbocycles. The Morgan fingerprint density at radius 1 is 0.889 bits per heavy atom. The summed E-state index contributed by atoms with van der Waals surface area (Å²) in [6.45, 7) is 3.62. The second-order valence-electron chi connectivity index (χ2n) is 5.86. The van der Waals surface area contributed by atoms with E-state index in [1.54, 1.807) is 0 Å². The lowest BCUT2D eigenvalue weighted by atomic mass is 10.2.